The molecule has 0 N–H and O–H groups in total. The maximum Gasteiger partial charge on any atom is 0.213 e. The van der Waals surface area contributed by atoms with Crippen LogP contribution in [0, 0.1) is 5.82 Å². The third kappa shape index (κ3) is 3.75. The molecule has 0 bridgehead atoms. The van der Waals surface area contributed by atoms with Crippen LogP contribution in [0.1, 0.15) is 12.5 Å². The largest absolute Gasteiger partial charge is 0.375 e. The van der Waals surface area contributed by atoms with Crippen LogP contribution < -0.4 is 0 Å². The number of hydrogen-bond donors (Lipinski definition) is 0. The lowest BCUT2D eigenvalue weighted by Gasteiger charge is -2.32. The van der Waals surface area contributed by atoms with Crippen LogP contribution >= 0.6 is 0 Å². The van der Waals surface area contributed by atoms with Gasteiger partial charge in [-0.1, -0.05) is 12.1 Å². The monoisotopic (exact) mass is 287 g/mol. The fourth-order valence-electron chi connectivity index (χ4n) is 2.18. The van der Waals surface area contributed by atoms with Crippen molar-refractivity contribution in [1.82, 2.24) is 4.31 Å². The summed E-state index contributed by atoms with van der Waals surface area (Å²) in [5.41, 5.74) is 0.820. The van der Waals surface area contributed by atoms with E-state index in [9.17, 15) is 12.8 Å². The second-order valence-electron chi connectivity index (χ2n) is 4.59. The first kappa shape index (κ1) is 14.4. The highest BCUT2D eigenvalue weighted by molar-refractivity contribution is 7.89. The summed E-state index contributed by atoms with van der Waals surface area (Å²) >= 11 is 0. The van der Waals surface area contributed by atoms with Crippen molar-refractivity contribution in [3.8, 4) is 0 Å². The van der Waals surface area contributed by atoms with E-state index < -0.39 is 10.0 Å². The molecule has 1 aliphatic rings. The molecular formula is C13H18FNO3S. The first-order valence-electron chi connectivity index (χ1n) is 6.35. The minimum absolute atomic E-state index is 0.0969. The minimum atomic E-state index is -3.18. The molecule has 2 rings (SSSR count). The maximum absolute atomic E-state index is 13.1. The van der Waals surface area contributed by atoms with E-state index in [2.05, 4.69) is 0 Å². The Bertz CT molecular complexity index is 532. The van der Waals surface area contributed by atoms with Crippen LogP contribution in [0.25, 0.3) is 0 Å². The molecule has 1 atom stereocenters. The second-order valence-corrected chi connectivity index (χ2v) is 6.84. The van der Waals surface area contributed by atoms with Gasteiger partial charge in [-0.25, -0.2) is 12.8 Å². The van der Waals surface area contributed by atoms with E-state index in [4.69, 9.17) is 4.74 Å². The third-order valence-corrected chi connectivity index (χ3v) is 5.06. The molecule has 1 aromatic rings. The molecule has 0 aliphatic carbocycles. The average molecular weight is 287 g/mol. The Balaban J connectivity index is 2.02. The topological polar surface area (TPSA) is 46.6 Å². The van der Waals surface area contributed by atoms with Gasteiger partial charge in [-0.05, 0) is 24.6 Å². The van der Waals surface area contributed by atoms with Crippen molar-refractivity contribution < 1.29 is 17.5 Å². The van der Waals surface area contributed by atoms with E-state index >= 15 is 0 Å². The predicted octanol–water partition coefficient (Wildman–Crippen LogP) is 1.42. The van der Waals surface area contributed by atoms with Crippen molar-refractivity contribution in [1.29, 1.82) is 0 Å². The van der Waals surface area contributed by atoms with Gasteiger partial charge in [0.15, 0.2) is 0 Å². The molecule has 0 saturated carbocycles. The van der Waals surface area contributed by atoms with Gasteiger partial charge in [0.25, 0.3) is 0 Å². The first-order valence-corrected chi connectivity index (χ1v) is 7.96. The smallest absolute Gasteiger partial charge is 0.213 e. The Morgan fingerprint density at radius 2 is 2.26 bits per heavy atom. The van der Waals surface area contributed by atoms with Gasteiger partial charge in [-0.2, -0.15) is 4.31 Å². The van der Waals surface area contributed by atoms with Gasteiger partial charge < -0.3 is 4.74 Å². The highest BCUT2D eigenvalue weighted by Gasteiger charge is 2.28. The molecule has 0 aromatic heterocycles. The zero-order chi connectivity index (χ0) is 13.9. The summed E-state index contributed by atoms with van der Waals surface area (Å²) < 4.78 is 43.8. The summed E-state index contributed by atoms with van der Waals surface area (Å²) in [7, 11) is -3.18. The number of nitrogens with zero attached hydrogens (tertiary/aromatic N) is 1. The van der Waals surface area contributed by atoms with Crippen LogP contribution in [0.5, 0.6) is 0 Å². The van der Waals surface area contributed by atoms with Crippen LogP contribution in [0.4, 0.5) is 4.39 Å². The Hall–Kier alpha value is -0.980. The molecule has 1 heterocycles. The summed E-state index contributed by atoms with van der Waals surface area (Å²) in [5, 5.41) is 0. The summed E-state index contributed by atoms with van der Waals surface area (Å²) in [6, 6.07) is 6.31. The molecular weight excluding hydrogens is 269 g/mol. The first-order chi connectivity index (χ1) is 9.01. The van der Waals surface area contributed by atoms with E-state index in [-0.39, 0.29) is 17.7 Å². The zero-order valence-corrected chi connectivity index (χ0v) is 11.7. The molecule has 4 nitrogen and oxygen atoms in total. The summed E-state index contributed by atoms with van der Waals surface area (Å²) in [5.74, 6) is -0.189. The van der Waals surface area contributed by atoms with Gasteiger partial charge in [0.05, 0.1) is 18.5 Å². The van der Waals surface area contributed by atoms with Crippen LogP contribution in [-0.4, -0.2) is 44.3 Å². The standard InChI is InChI=1S/C13H18FNO3S/c1-2-19(16,17)15-6-7-18-13(10-15)9-11-4-3-5-12(14)8-11/h3-5,8,13H,2,6-7,9-10H2,1H3/t13-/m1/s1. The molecule has 0 radical (unpaired) electrons. The fraction of sp³-hybridized carbons (Fsp3) is 0.538. The fourth-order valence-corrected chi connectivity index (χ4v) is 3.29. The Labute approximate surface area is 113 Å². The molecule has 0 amide bonds. The van der Waals surface area contributed by atoms with Gasteiger partial charge in [0.2, 0.25) is 10.0 Å². The van der Waals surface area contributed by atoms with E-state index in [0.29, 0.717) is 26.1 Å². The Kier molecular flexibility index (Phi) is 4.54. The Morgan fingerprint density at radius 3 is 2.95 bits per heavy atom. The van der Waals surface area contributed by atoms with Crippen molar-refractivity contribution in [2.45, 2.75) is 19.4 Å². The SMILES string of the molecule is CCS(=O)(=O)N1CCO[C@H](Cc2cccc(F)c2)C1. The number of hydrogen-bond acceptors (Lipinski definition) is 3. The van der Waals surface area contributed by atoms with E-state index in [0.717, 1.165) is 5.56 Å². The molecule has 1 aliphatic heterocycles. The van der Waals surface area contributed by atoms with Crippen molar-refractivity contribution in [2.24, 2.45) is 0 Å². The lowest BCUT2D eigenvalue weighted by molar-refractivity contribution is -0.000469. The number of ether oxygens (including phenoxy) is 1. The van der Waals surface area contributed by atoms with Crippen LogP contribution in [0.2, 0.25) is 0 Å². The molecule has 1 aromatic carbocycles. The number of morpholine rings is 1. The summed E-state index contributed by atoms with van der Waals surface area (Å²) in [6.07, 6.45) is 0.310. The van der Waals surface area contributed by atoms with E-state index in [1.807, 2.05) is 6.07 Å². The highest BCUT2D eigenvalue weighted by atomic mass is 32.2. The van der Waals surface area contributed by atoms with Crippen molar-refractivity contribution in [2.75, 3.05) is 25.4 Å². The predicted molar refractivity (Wildman–Crippen MR) is 70.9 cm³/mol. The zero-order valence-electron chi connectivity index (χ0n) is 10.9. The second kappa shape index (κ2) is 5.98. The molecule has 0 spiro atoms. The quantitative estimate of drug-likeness (QED) is 0.841. The van der Waals surface area contributed by atoms with E-state index in [1.54, 1.807) is 13.0 Å². The summed E-state index contributed by atoms with van der Waals surface area (Å²) in [6.45, 7) is 2.76. The molecule has 19 heavy (non-hydrogen) atoms. The molecule has 6 heteroatoms. The molecule has 1 saturated heterocycles. The lowest BCUT2D eigenvalue weighted by atomic mass is 10.1. The average Bonchev–Trinajstić information content (AvgIpc) is 2.39. The molecule has 106 valence electrons. The number of rotatable bonds is 4. The molecule has 0 unspecified atom stereocenters. The third-order valence-electron chi connectivity index (χ3n) is 3.21. The van der Waals surface area contributed by atoms with Crippen molar-refractivity contribution in [3.05, 3.63) is 35.6 Å². The van der Waals surface area contributed by atoms with Gasteiger partial charge in [0.1, 0.15) is 5.82 Å². The summed E-state index contributed by atoms with van der Waals surface area (Å²) in [4.78, 5) is 0. The minimum Gasteiger partial charge on any atom is -0.375 e. The van der Waals surface area contributed by atoms with Crippen LogP contribution in [0.15, 0.2) is 24.3 Å². The van der Waals surface area contributed by atoms with Crippen molar-refractivity contribution >= 4 is 10.0 Å². The Morgan fingerprint density at radius 1 is 1.47 bits per heavy atom. The highest BCUT2D eigenvalue weighted by Crippen LogP contribution is 2.15. The molecule has 1 fully saturated rings. The van der Waals surface area contributed by atoms with Crippen LogP contribution in [0.3, 0.4) is 0 Å². The number of halogens is 1. The lowest BCUT2D eigenvalue weighted by Crippen LogP contribution is -2.46. The van der Waals surface area contributed by atoms with Crippen LogP contribution in [-0.2, 0) is 21.2 Å². The van der Waals surface area contributed by atoms with Gasteiger partial charge in [-0.3, -0.25) is 0 Å². The van der Waals surface area contributed by atoms with Crippen molar-refractivity contribution in [3.63, 3.8) is 0 Å². The normalized spacial score (nSPS) is 21.5. The van der Waals surface area contributed by atoms with E-state index in [1.165, 1.54) is 16.4 Å². The number of sulfonamides is 1. The van der Waals surface area contributed by atoms with Gasteiger partial charge in [0, 0.05) is 19.5 Å². The number of benzene rings is 1. The maximum atomic E-state index is 13.1. The van der Waals surface area contributed by atoms with Gasteiger partial charge >= 0.3 is 0 Å². The van der Waals surface area contributed by atoms with Gasteiger partial charge in [-0.15, -0.1) is 0 Å².